The van der Waals surface area contributed by atoms with Crippen molar-refractivity contribution in [2.24, 2.45) is 17.6 Å². The van der Waals surface area contributed by atoms with Crippen LogP contribution in [-0.2, 0) is 15.1 Å². The first-order valence-electron chi connectivity index (χ1n) is 13.1. The van der Waals surface area contributed by atoms with Gasteiger partial charge >= 0.3 is 6.09 Å². The maximum Gasteiger partial charge on any atom is 0.410 e. The molecule has 3 N–H and O–H groups in total. The smallest absolute Gasteiger partial charge is 0.410 e. The molecule has 36 heavy (non-hydrogen) atoms. The summed E-state index contributed by atoms with van der Waals surface area (Å²) < 4.78 is 20.2. The lowest BCUT2D eigenvalue weighted by Crippen LogP contribution is -2.43. The molecule has 0 radical (unpaired) electrons. The van der Waals surface area contributed by atoms with Crippen LogP contribution in [0.4, 0.5) is 14.9 Å². The topological polar surface area (TPSA) is 97.5 Å². The molecule has 2 amide bonds. The summed E-state index contributed by atoms with van der Waals surface area (Å²) in [5.74, 6) is -0.148. The monoisotopic (exact) mass is 496 g/mol. The Morgan fingerprint density at radius 1 is 1.22 bits per heavy atom. The number of rotatable bonds is 10. The Morgan fingerprint density at radius 2 is 1.97 bits per heavy atom. The van der Waals surface area contributed by atoms with Gasteiger partial charge in [0.2, 0.25) is 5.91 Å². The quantitative estimate of drug-likeness (QED) is 0.441. The molecule has 2 aromatic rings. The Bertz CT molecular complexity index is 1060. The lowest BCUT2D eigenvalue weighted by molar-refractivity contribution is -0.120. The molecule has 2 aliphatic rings. The Morgan fingerprint density at radius 3 is 2.67 bits per heavy atom. The van der Waals surface area contributed by atoms with Crippen molar-refractivity contribution < 1.29 is 18.7 Å². The number of nitrogens with two attached hydrogens (primary N) is 1. The molecule has 1 saturated heterocycles. The molecule has 1 aromatic carbocycles. The molecule has 1 aromatic heterocycles. The third-order valence-electron chi connectivity index (χ3n) is 7.35. The minimum Gasteiger partial charge on any atom is -0.449 e. The van der Waals surface area contributed by atoms with Crippen molar-refractivity contribution in [3.63, 3.8) is 0 Å². The molecule has 0 spiro atoms. The highest BCUT2D eigenvalue weighted by atomic mass is 19.1. The number of hydrogen-bond acceptors (Lipinski definition) is 5. The number of carbonyl (C=O) groups is 2. The predicted octanol–water partition coefficient (Wildman–Crippen LogP) is 5.20. The summed E-state index contributed by atoms with van der Waals surface area (Å²) in [5.41, 5.74) is 7.84. The standard InChI is InChI=1S/C28H37FN4O3/c1-3-4-15-36-27(35)33-18-19(2)16-25(33)26(34)32-24-17-22(7-8-23(24)29)28(30,12-9-20-5-6-20)21-10-13-31-14-11-21/h7-8,10-11,13-14,17,19-20,25H,3-6,9,12,15-16,18,30H2,1-2H3,(H,32,34)/t19-,25-,28?/m1/s1. The van der Waals surface area contributed by atoms with Gasteiger partial charge in [0.15, 0.2) is 0 Å². The molecule has 4 rings (SSSR count). The van der Waals surface area contributed by atoms with Gasteiger partial charge in [0.05, 0.1) is 17.8 Å². The second kappa shape index (κ2) is 11.4. The molecule has 7 nitrogen and oxygen atoms in total. The summed E-state index contributed by atoms with van der Waals surface area (Å²) in [6, 6.07) is 7.72. The number of anilines is 1. The third kappa shape index (κ3) is 6.03. The molecule has 194 valence electrons. The van der Waals surface area contributed by atoms with Crippen molar-refractivity contribution in [1.29, 1.82) is 0 Å². The average Bonchev–Trinajstić information content (AvgIpc) is 3.63. The van der Waals surface area contributed by atoms with E-state index in [2.05, 4.69) is 10.3 Å². The predicted molar refractivity (Wildman–Crippen MR) is 137 cm³/mol. The fourth-order valence-corrected chi connectivity index (χ4v) is 4.94. The molecule has 0 bridgehead atoms. The van der Waals surface area contributed by atoms with Crippen LogP contribution in [0.15, 0.2) is 42.7 Å². The number of ether oxygens (including phenoxy) is 1. The number of nitrogens with zero attached hydrogens (tertiary/aromatic N) is 2. The van der Waals surface area contributed by atoms with Crippen LogP contribution in [0.25, 0.3) is 0 Å². The number of benzene rings is 1. The van der Waals surface area contributed by atoms with Crippen LogP contribution in [0.5, 0.6) is 0 Å². The van der Waals surface area contributed by atoms with E-state index >= 15 is 0 Å². The van der Waals surface area contributed by atoms with E-state index in [0.29, 0.717) is 31.9 Å². The Hall–Kier alpha value is -3.00. The van der Waals surface area contributed by atoms with Gasteiger partial charge in [0.1, 0.15) is 11.9 Å². The Kier molecular flexibility index (Phi) is 8.24. The lowest BCUT2D eigenvalue weighted by Gasteiger charge is -2.31. The highest BCUT2D eigenvalue weighted by molar-refractivity contribution is 5.97. The summed E-state index contributed by atoms with van der Waals surface area (Å²) in [5, 5.41) is 2.73. The van der Waals surface area contributed by atoms with Crippen LogP contribution in [0.2, 0.25) is 0 Å². The highest BCUT2D eigenvalue weighted by Gasteiger charge is 2.39. The van der Waals surface area contributed by atoms with Gasteiger partial charge in [-0.25, -0.2) is 9.18 Å². The van der Waals surface area contributed by atoms with Gasteiger partial charge in [0, 0.05) is 18.9 Å². The van der Waals surface area contributed by atoms with Gasteiger partial charge in [-0.05, 0) is 72.9 Å². The zero-order valence-electron chi connectivity index (χ0n) is 21.2. The van der Waals surface area contributed by atoms with Crippen molar-refractivity contribution >= 4 is 17.7 Å². The van der Waals surface area contributed by atoms with E-state index in [0.717, 1.165) is 30.4 Å². The minimum absolute atomic E-state index is 0.0617. The van der Waals surface area contributed by atoms with Crippen LogP contribution in [-0.4, -0.2) is 41.1 Å². The van der Waals surface area contributed by atoms with E-state index in [1.165, 1.54) is 23.8 Å². The second-order valence-corrected chi connectivity index (χ2v) is 10.4. The molecule has 1 aliphatic heterocycles. The number of halogens is 1. The number of unbranched alkanes of at least 4 members (excludes halogenated alkanes) is 1. The van der Waals surface area contributed by atoms with Crippen molar-refractivity contribution in [2.45, 2.75) is 70.4 Å². The number of amides is 2. The van der Waals surface area contributed by atoms with Crippen molar-refractivity contribution in [1.82, 2.24) is 9.88 Å². The summed E-state index contributed by atoms with van der Waals surface area (Å²) in [6.45, 7) is 4.75. The SMILES string of the molecule is CCCCOC(=O)N1C[C@H](C)C[C@@H]1C(=O)Nc1cc(C(N)(CCC2CC2)c2ccncc2)ccc1F. The van der Waals surface area contributed by atoms with Crippen LogP contribution >= 0.6 is 0 Å². The lowest BCUT2D eigenvalue weighted by atomic mass is 9.79. The van der Waals surface area contributed by atoms with Gasteiger partial charge < -0.3 is 15.8 Å². The molecule has 3 atom stereocenters. The maximum absolute atomic E-state index is 14.9. The molecule has 2 fully saturated rings. The van der Waals surface area contributed by atoms with E-state index in [-0.39, 0.29) is 11.6 Å². The third-order valence-corrected chi connectivity index (χ3v) is 7.35. The first-order chi connectivity index (χ1) is 17.3. The summed E-state index contributed by atoms with van der Waals surface area (Å²) >= 11 is 0. The normalized spacial score (nSPS) is 21.2. The molecule has 1 unspecified atom stereocenters. The molecular weight excluding hydrogens is 459 g/mol. The van der Waals surface area contributed by atoms with Crippen LogP contribution in [0, 0.1) is 17.7 Å². The minimum atomic E-state index is -0.838. The summed E-state index contributed by atoms with van der Waals surface area (Å²) in [6.07, 6.45) is 9.20. The number of nitrogens with one attached hydrogen (secondary N) is 1. The van der Waals surface area contributed by atoms with E-state index < -0.39 is 29.4 Å². The summed E-state index contributed by atoms with van der Waals surface area (Å²) in [4.78, 5) is 31.4. The molecular formula is C28H37FN4O3. The fraction of sp³-hybridized carbons (Fsp3) is 0.536. The van der Waals surface area contributed by atoms with Crippen molar-refractivity contribution in [2.75, 3.05) is 18.5 Å². The van der Waals surface area contributed by atoms with E-state index in [1.54, 1.807) is 24.5 Å². The van der Waals surface area contributed by atoms with E-state index in [1.807, 2.05) is 26.0 Å². The first kappa shape index (κ1) is 26.1. The van der Waals surface area contributed by atoms with Gasteiger partial charge in [-0.15, -0.1) is 0 Å². The Labute approximate surface area is 212 Å². The van der Waals surface area contributed by atoms with Crippen LogP contribution in [0.3, 0.4) is 0 Å². The number of hydrogen-bond donors (Lipinski definition) is 2. The molecule has 8 heteroatoms. The van der Waals surface area contributed by atoms with E-state index in [4.69, 9.17) is 10.5 Å². The molecule has 1 saturated carbocycles. The molecule has 1 aliphatic carbocycles. The highest BCUT2D eigenvalue weighted by Crippen LogP contribution is 2.40. The maximum atomic E-state index is 14.9. The number of likely N-dealkylation sites (tertiary alicyclic amines) is 1. The first-order valence-corrected chi connectivity index (χ1v) is 13.1. The number of carbonyl (C=O) groups excluding carboxylic acids is 2. The largest absolute Gasteiger partial charge is 0.449 e. The van der Waals surface area contributed by atoms with Gasteiger partial charge in [0.25, 0.3) is 0 Å². The van der Waals surface area contributed by atoms with Gasteiger partial charge in [-0.1, -0.05) is 39.2 Å². The van der Waals surface area contributed by atoms with Crippen LogP contribution in [0.1, 0.15) is 69.9 Å². The summed E-state index contributed by atoms with van der Waals surface area (Å²) in [7, 11) is 0. The Balaban J connectivity index is 1.55. The molecule has 2 heterocycles. The zero-order valence-corrected chi connectivity index (χ0v) is 21.2. The van der Waals surface area contributed by atoms with Crippen LogP contribution < -0.4 is 11.1 Å². The van der Waals surface area contributed by atoms with Gasteiger partial charge in [-0.2, -0.15) is 0 Å². The van der Waals surface area contributed by atoms with Crippen molar-refractivity contribution in [3.8, 4) is 0 Å². The average molecular weight is 497 g/mol. The van der Waals surface area contributed by atoms with Gasteiger partial charge in [-0.3, -0.25) is 14.7 Å². The number of pyridine rings is 1. The fourth-order valence-electron chi connectivity index (χ4n) is 4.94. The number of aromatic nitrogens is 1. The zero-order chi connectivity index (χ0) is 25.7. The van der Waals surface area contributed by atoms with Crippen molar-refractivity contribution in [3.05, 3.63) is 59.7 Å². The van der Waals surface area contributed by atoms with E-state index in [9.17, 15) is 14.0 Å². The second-order valence-electron chi connectivity index (χ2n) is 10.4.